The summed E-state index contributed by atoms with van der Waals surface area (Å²) < 4.78 is 5.14. The molecule has 4 heteroatoms. The fraction of sp³-hybridized carbons (Fsp3) is 0.130. The standard InChI is InChI=1S/C23H21NO3/c1-24(21-10-6-3-7-11-21)22(25)17-27-23(26)16-18-12-14-20(15-13-18)19-8-4-2-5-9-19/h2-15H,16-17H2,1H3. The van der Waals surface area contributed by atoms with E-state index in [0.29, 0.717) is 0 Å². The molecule has 0 N–H and O–H groups in total. The SMILES string of the molecule is CN(C(=O)COC(=O)Cc1ccc(-c2ccccc2)cc1)c1ccccc1. The number of hydrogen-bond acceptors (Lipinski definition) is 3. The number of benzene rings is 3. The van der Waals surface area contributed by atoms with Crippen LogP contribution in [0.3, 0.4) is 0 Å². The lowest BCUT2D eigenvalue weighted by Gasteiger charge is -2.17. The summed E-state index contributed by atoms with van der Waals surface area (Å²) >= 11 is 0. The van der Waals surface area contributed by atoms with Crippen molar-refractivity contribution < 1.29 is 14.3 Å². The number of anilines is 1. The summed E-state index contributed by atoms with van der Waals surface area (Å²) in [6.45, 7) is -0.272. The molecule has 0 bridgehead atoms. The van der Waals surface area contributed by atoms with E-state index in [2.05, 4.69) is 0 Å². The summed E-state index contributed by atoms with van der Waals surface area (Å²) in [6, 6.07) is 27.0. The van der Waals surface area contributed by atoms with Crippen LogP contribution >= 0.6 is 0 Å². The van der Waals surface area contributed by atoms with Crippen molar-refractivity contribution >= 4 is 17.6 Å². The Kier molecular flexibility index (Phi) is 6.00. The first-order valence-corrected chi connectivity index (χ1v) is 8.75. The quantitative estimate of drug-likeness (QED) is 0.623. The molecule has 0 saturated carbocycles. The van der Waals surface area contributed by atoms with E-state index in [1.54, 1.807) is 7.05 Å². The zero-order valence-corrected chi connectivity index (χ0v) is 15.2. The van der Waals surface area contributed by atoms with Gasteiger partial charge in [-0.15, -0.1) is 0 Å². The van der Waals surface area contributed by atoms with E-state index < -0.39 is 5.97 Å². The molecule has 3 rings (SSSR count). The largest absolute Gasteiger partial charge is 0.455 e. The fourth-order valence-electron chi connectivity index (χ4n) is 2.70. The van der Waals surface area contributed by atoms with Gasteiger partial charge in [0, 0.05) is 12.7 Å². The number of nitrogens with zero attached hydrogens (tertiary/aromatic N) is 1. The molecule has 0 atom stereocenters. The Balaban J connectivity index is 1.51. The molecule has 0 saturated heterocycles. The zero-order valence-electron chi connectivity index (χ0n) is 15.2. The molecule has 0 radical (unpaired) electrons. The van der Waals surface area contributed by atoms with Crippen molar-refractivity contribution in [3.8, 4) is 11.1 Å². The summed E-state index contributed by atoms with van der Waals surface area (Å²) in [5.74, 6) is -0.689. The summed E-state index contributed by atoms with van der Waals surface area (Å²) in [7, 11) is 1.66. The number of amides is 1. The van der Waals surface area contributed by atoms with Crippen LogP contribution in [-0.2, 0) is 20.7 Å². The van der Waals surface area contributed by atoms with E-state index in [1.165, 1.54) is 4.90 Å². The molecule has 0 heterocycles. The second-order valence-electron chi connectivity index (χ2n) is 6.19. The Morgan fingerprint density at radius 1 is 0.778 bits per heavy atom. The molecular formula is C23H21NO3. The first-order valence-electron chi connectivity index (χ1n) is 8.75. The highest BCUT2D eigenvalue weighted by Crippen LogP contribution is 2.19. The first-order chi connectivity index (χ1) is 13.1. The average molecular weight is 359 g/mol. The van der Waals surface area contributed by atoms with Gasteiger partial charge in [-0.1, -0.05) is 72.8 Å². The number of hydrogen-bond donors (Lipinski definition) is 0. The molecule has 0 aliphatic rings. The van der Waals surface area contributed by atoms with Gasteiger partial charge in [-0.3, -0.25) is 9.59 Å². The molecule has 136 valence electrons. The molecule has 3 aromatic carbocycles. The van der Waals surface area contributed by atoms with Crippen LogP contribution in [0, 0.1) is 0 Å². The van der Waals surface area contributed by atoms with E-state index in [-0.39, 0.29) is 18.9 Å². The number of ether oxygens (including phenoxy) is 1. The van der Waals surface area contributed by atoms with E-state index in [0.717, 1.165) is 22.4 Å². The van der Waals surface area contributed by atoms with Crippen molar-refractivity contribution in [3.05, 3.63) is 90.5 Å². The Bertz CT molecular complexity index is 890. The molecule has 3 aromatic rings. The third kappa shape index (κ3) is 5.05. The Hall–Kier alpha value is -3.40. The van der Waals surface area contributed by atoms with Crippen LogP contribution in [0.1, 0.15) is 5.56 Å². The van der Waals surface area contributed by atoms with Crippen LogP contribution in [0.25, 0.3) is 11.1 Å². The normalized spacial score (nSPS) is 10.3. The van der Waals surface area contributed by atoms with Crippen LogP contribution in [0.15, 0.2) is 84.9 Å². The minimum Gasteiger partial charge on any atom is -0.455 e. The molecule has 27 heavy (non-hydrogen) atoms. The second-order valence-corrected chi connectivity index (χ2v) is 6.19. The highest BCUT2D eigenvalue weighted by molar-refractivity contribution is 5.94. The van der Waals surface area contributed by atoms with E-state index in [4.69, 9.17) is 4.74 Å². The number of para-hydroxylation sites is 1. The van der Waals surface area contributed by atoms with Gasteiger partial charge < -0.3 is 9.64 Å². The lowest BCUT2D eigenvalue weighted by molar-refractivity contribution is -0.147. The van der Waals surface area contributed by atoms with Crippen molar-refractivity contribution in [2.45, 2.75) is 6.42 Å². The third-order valence-electron chi connectivity index (χ3n) is 4.28. The Morgan fingerprint density at radius 2 is 1.33 bits per heavy atom. The van der Waals surface area contributed by atoms with Crippen molar-refractivity contribution in [2.24, 2.45) is 0 Å². The number of rotatable bonds is 6. The second kappa shape index (κ2) is 8.81. The molecule has 0 unspecified atom stereocenters. The molecule has 0 spiro atoms. The van der Waals surface area contributed by atoms with Gasteiger partial charge in [0.1, 0.15) is 0 Å². The summed E-state index contributed by atoms with van der Waals surface area (Å²) in [5, 5.41) is 0. The number of esters is 1. The average Bonchev–Trinajstić information content (AvgIpc) is 2.73. The molecule has 0 fully saturated rings. The Labute approximate surface area is 159 Å². The molecule has 0 aromatic heterocycles. The van der Waals surface area contributed by atoms with Crippen LogP contribution < -0.4 is 4.90 Å². The van der Waals surface area contributed by atoms with E-state index in [9.17, 15) is 9.59 Å². The lowest BCUT2D eigenvalue weighted by Crippen LogP contribution is -2.31. The van der Waals surface area contributed by atoms with E-state index >= 15 is 0 Å². The molecule has 4 nitrogen and oxygen atoms in total. The van der Waals surface area contributed by atoms with Crippen LogP contribution in [-0.4, -0.2) is 25.5 Å². The maximum atomic E-state index is 12.2. The van der Waals surface area contributed by atoms with Crippen molar-refractivity contribution in [3.63, 3.8) is 0 Å². The lowest BCUT2D eigenvalue weighted by atomic mass is 10.0. The van der Waals surface area contributed by atoms with Crippen LogP contribution in [0.2, 0.25) is 0 Å². The van der Waals surface area contributed by atoms with Gasteiger partial charge in [-0.2, -0.15) is 0 Å². The minimum absolute atomic E-state index is 0.136. The summed E-state index contributed by atoms with van der Waals surface area (Å²) in [4.78, 5) is 25.7. The van der Waals surface area contributed by atoms with Crippen molar-refractivity contribution in [1.82, 2.24) is 0 Å². The van der Waals surface area contributed by atoms with Crippen LogP contribution in [0.5, 0.6) is 0 Å². The number of likely N-dealkylation sites (N-methyl/N-ethyl adjacent to an activating group) is 1. The van der Waals surface area contributed by atoms with Crippen molar-refractivity contribution in [2.75, 3.05) is 18.6 Å². The first kappa shape index (κ1) is 18.4. The van der Waals surface area contributed by atoms with Crippen molar-refractivity contribution in [1.29, 1.82) is 0 Å². The van der Waals surface area contributed by atoms with Crippen LogP contribution in [0.4, 0.5) is 5.69 Å². The van der Waals surface area contributed by atoms with Gasteiger partial charge in [-0.25, -0.2) is 0 Å². The number of carbonyl (C=O) groups is 2. The predicted octanol–water partition coefficient (Wildman–Crippen LogP) is 4.10. The Morgan fingerprint density at radius 3 is 1.96 bits per heavy atom. The van der Waals surface area contributed by atoms with Gasteiger partial charge in [-0.05, 0) is 28.8 Å². The summed E-state index contributed by atoms with van der Waals surface area (Å²) in [6.07, 6.45) is 0.136. The maximum Gasteiger partial charge on any atom is 0.310 e. The maximum absolute atomic E-state index is 12.2. The van der Waals surface area contributed by atoms with E-state index in [1.807, 2.05) is 84.9 Å². The highest BCUT2D eigenvalue weighted by atomic mass is 16.5. The predicted molar refractivity (Wildman–Crippen MR) is 106 cm³/mol. The minimum atomic E-state index is -0.419. The van der Waals surface area contributed by atoms with Gasteiger partial charge in [0.05, 0.1) is 6.42 Å². The van der Waals surface area contributed by atoms with Gasteiger partial charge in [0.15, 0.2) is 6.61 Å². The van der Waals surface area contributed by atoms with Gasteiger partial charge in [0.25, 0.3) is 5.91 Å². The smallest absolute Gasteiger partial charge is 0.310 e. The van der Waals surface area contributed by atoms with Gasteiger partial charge >= 0.3 is 5.97 Å². The zero-order chi connectivity index (χ0) is 19.1. The molecule has 0 aliphatic heterocycles. The third-order valence-corrected chi connectivity index (χ3v) is 4.28. The molecule has 0 aliphatic carbocycles. The summed E-state index contributed by atoms with van der Waals surface area (Å²) in [5.41, 5.74) is 3.83. The number of carbonyl (C=O) groups excluding carboxylic acids is 2. The fourth-order valence-corrected chi connectivity index (χ4v) is 2.70. The molecule has 1 amide bonds. The van der Waals surface area contributed by atoms with Gasteiger partial charge in [0.2, 0.25) is 0 Å². The highest BCUT2D eigenvalue weighted by Gasteiger charge is 2.13. The topological polar surface area (TPSA) is 46.6 Å². The molecular weight excluding hydrogens is 338 g/mol. The monoisotopic (exact) mass is 359 g/mol.